The van der Waals surface area contributed by atoms with E-state index in [9.17, 15) is 9.59 Å². The SMILES string of the molecule is CCCCCCCCC1(CCCCCCCC)OC(=O)CC(=O)O1. The number of carbonyl (C=O) groups is 2. The van der Waals surface area contributed by atoms with Gasteiger partial charge in [0.2, 0.25) is 0 Å². The minimum atomic E-state index is -0.984. The number of esters is 2. The van der Waals surface area contributed by atoms with E-state index in [2.05, 4.69) is 13.8 Å². The molecule has 4 heteroatoms. The molecule has 0 unspecified atom stereocenters. The molecule has 140 valence electrons. The van der Waals surface area contributed by atoms with Gasteiger partial charge in [0.05, 0.1) is 0 Å². The van der Waals surface area contributed by atoms with Crippen LogP contribution in [0.4, 0.5) is 0 Å². The summed E-state index contributed by atoms with van der Waals surface area (Å²) in [6.07, 6.45) is 15.0. The molecular weight excluding hydrogens is 304 g/mol. The highest BCUT2D eigenvalue weighted by atomic mass is 16.7. The Balaban J connectivity index is 2.38. The van der Waals surface area contributed by atoms with Crippen LogP contribution in [0.1, 0.15) is 110 Å². The maximum absolute atomic E-state index is 11.7. The average Bonchev–Trinajstić information content (AvgIpc) is 2.53. The number of hydrogen-bond acceptors (Lipinski definition) is 4. The maximum atomic E-state index is 11.7. The van der Waals surface area contributed by atoms with Crippen molar-refractivity contribution >= 4 is 11.9 Å². The maximum Gasteiger partial charge on any atom is 0.320 e. The molecule has 0 bridgehead atoms. The van der Waals surface area contributed by atoms with Crippen LogP contribution in [0.15, 0.2) is 0 Å². The average molecular weight is 341 g/mol. The summed E-state index contributed by atoms with van der Waals surface area (Å²) >= 11 is 0. The van der Waals surface area contributed by atoms with Gasteiger partial charge in [0.1, 0.15) is 6.42 Å². The van der Waals surface area contributed by atoms with Crippen LogP contribution in [0.5, 0.6) is 0 Å². The Hall–Kier alpha value is -1.06. The van der Waals surface area contributed by atoms with Crippen molar-refractivity contribution in [3.63, 3.8) is 0 Å². The van der Waals surface area contributed by atoms with E-state index < -0.39 is 17.7 Å². The summed E-state index contributed by atoms with van der Waals surface area (Å²) < 4.78 is 11.0. The monoisotopic (exact) mass is 340 g/mol. The Kier molecular flexibility index (Phi) is 10.8. The number of hydrogen-bond donors (Lipinski definition) is 0. The van der Waals surface area contributed by atoms with Gasteiger partial charge in [-0.05, 0) is 12.8 Å². The summed E-state index contributed by atoms with van der Waals surface area (Å²) in [5.74, 6) is -1.84. The minimum absolute atomic E-state index is 0.241. The lowest BCUT2D eigenvalue weighted by atomic mass is 9.98. The third kappa shape index (κ3) is 8.70. The smallest absolute Gasteiger partial charge is 0.320 e. The molecule has 1 fully saturated rings. The van der Waals surface area contributed by atoms with Gasteiger partial charge < -0.3 is 9.47 Å². The second-order valence-corrected chi connectivity index (χ2v) is 7.07. The zero-order valence-corrected chi connectivity index (χ0v) is 15.7. The van der Waals surface area contributed by atoms with E-state index in [1.54, 1.807) is 0 Å². The Labute approximate surface area is 147 Å². The van der Waals surface area contributed by atoms with Crippen LogP contribution < -0.4 is 0 Å². The minimum Gasteiger partial charge on any atom is -0.422 e. The Bertz CT molecular complexity index is 331. The Morgan fingerprint density at radius 3 is 1.46 bits per heavy atom. The zero-order chi connectivity index (χ0) is 17.7. The highest BCUT2D eigenvalue weighted by molar-refractivity contribution is 5.93. The van der Waals surface area contributed by atoms with Gasteiger partial charge in [0.15, 0.2) is 0 Å². The molecule has 1 aliphatic heterocycles. The van der Waals surface area contributed by atoms with Crippen LogP contribution in [0.2, 0.25) is 0 Å². The predicted octanol–water partition coefficient (Wildman–Crippen LogP) is 5.67. The van der Waals surface area contributed by atoms with Crippen LogP contribution in [-0.4, -0.2) is 17.7 Å². The molecule has 0 aromatic heterocycles. The summed E-state index contributed by atoms with van der Waals surface area (Å²) in [4.78, 5) is 23.4. The number of unbranched alkanes of at least 4 members (excludes halogenated alkanes) is 10. The quantitative estimate of drug-likeness (QED) is 0.232. The van der Waals surface area contributed by atoms with Gasteiger partial charge in [0, 0.05) is 12.8 Å². The molecule has 1 rings (SSSR count). The summed E-state index contributed by atoms with van der Waals surface area (Å²) in [6, 6.07) is 0. The van der Waals surface area contributed by atoms with Crippen molar-refractivity contribution in [1.82, 2.24) is 0 Å². The van der Waals surface area contributed by atoms with Crippen molar-refractivity contribution in [2.75, 3.05) is 0 Å². The van der Waals surface area contributed by atoms with Gasteiger partial charge in [-0.2, -0.15) is 0 Å². The second kappa shape index (κ2) is 12.3. The molecule has 0 saturated carbocycles. The van der Waals surface area contributed by atoms with E-state index in [-0.39, 0.29) is 6.42 Å². The fourth-order valence-corrected chi connectivity index (χ4v) is 3.30. The number of ether oxygens (including phenoxy) is 2. The zero-order valence-electron chi connectivity index (χ0n) is 15.7. The second-order valence-electron chi connectivity index (χ2n) is 7.07. The molecule has 0 aromatic carbocycles. The number of rotatable bonds is 14. The number of carbonyl (C=O) groups excluding carboxylic acids is 2. The highest BCUT2D eigenvalue weighted by Crippen LogP contribution is 2.32. The molecule has 0 spiro atoms. The van der Waals surface area contributed by atoms with Crippen molar-refractivity contribution in [3.05, 3.63) is 0 Å². The topological polar surface area (TPSA) is 52.6 Å². The van der Waals surface area contributed by atoms with Crippen molar-refractivity contribution in [3.8, 4) is 0 Å². The van der Waals surface area contributed by atoms with E-state index in [1.165, 1.54) is 51.4 Å². The molecule has 24 heavy (non-hydrogen) atoms. The van der Waals surface area contributed by atoms with Crippen LogP contribution >= 0.6 is 0 Å². The first kappa shape index (κ1) is 21.0. The molecule has 1 aliphatic rings. The summed E-state index contributed by atoms with van der Waals surface area (Å²) in [7, 11) is 0. The third-order valence-corrected chi connectivity index (χ3v) is 4.71. The first-order valence-corrected chi connectivity index (χ1v) is 10.1. The van der Waals surface area contributed by atoms with E-state index in [0.29, 0.717) is 12.8 Å². The van der Waals surface area contributed by atoms with Gasteiger partial charge in [-0.15, -0.1) is 0 Å². The molecule has 1 heterocycles. The van der Waals surface area contributed by atoms with Gasteiger partial charge >= 0.3 is 11.9 Å². The molecule has 0 atom stereocenters. The molecule has 0 aromatic rings. The summed E-state index contributed by atoms with van der Waals surface area (Å²) in [5, 5.41) is 0. The lowest BCUT2D eigenvalue weighted by Gasteiger charge is -2.36. The van der Waals surface area contributed by atoms with E-state index in [4.69, 9.17) is 9.47 Å². The van der Waals surface area contributed by atoms with Crippen molar-refractivity contribution < 1.29 is 19.1 Å². The molecule has 0 aliphatic carbocycles. The lowest BCUT2D eigenvalue weighted by molar-refractivity contribution is -0.249. The number of cyclic esters (lactones) is 2. The first-order valence-electron chi connectivity index (χ1n) is 10.1. The van der Waals surface area contributed by atoms with Crippen molar-refractivity contribution in [2.24, 2.45) is 0 Å². The summed E-state index contributed by atoms with van der Waals surface area (Å²) in [6.45, 7) is 4.41. The molecule has 0 radical (unpaired) electrons. The molecule has 0 N–H and O–H groups in total. The van der Waals surface area contributed by atoms with Gasteiger partial charge in [0.25, 0.3) is 5.79 Å². The molecule has 4 nitrogen and oxygen atoms in total. The van der Waals surface area contributed by atoms with Crippen molar-refractivity contribution in [2.45, 2.75) is 116 Å². The normalized spacial score (nSPS) is 16.8. The van der Waals surface area contributed by atoms with E-state index in [1.807, 2.05) is 0 Å². The van der Waals surface area contributed by atoms with E-state index in [0.717, 1.165) is 25.7 Å². The lowest BCUT2D eigenvalue weighted by Crippen LogP contribution is -2.45. The Morgan fingerprint density at radius 2 is 1.04 bits per heavy atom. The van der Waals surface area contributed by atoms with Crippen LogP contribution in [0.25, 0.3) is 0 Å². The van der Waals surface area contributed by atoms with Gasteiger partial charge in [-0.25, -0.2) is 0 Å². The largest absolute Gasteiger partial charge is 0.422 e. The molecule has 0 amide bonds. The fraction of sp³-hybridized carbons (Fsp3) is 0.900. The standard InChI is InChI=1S/C20H36O4/c1-3-5-7-9-11-13-15-20(16-14-12-10-8-6-4-2)23-18(21)17-19(22)24-20/h3-17H2,1-2H3. The predicted molar refractivity (Wildman–Crippen MR) is 95.5 cm³/mol. The fourth-order valence-electron chi connectivity index (χ4n) is 3.30. The van der Waals surface area contributed by atoms with Crippen molar-refractivity contribution in [1.29, 1.82) is 0 Å². The van der Waals surface area contributed by atoms with E-state index >= 15 is 0 Å². The first-order chi connectivity index (χ1) is 11.6. The van der Waals surface area contributed by atoms with Gasteiger partial charge in [-0.1, -0.05) is 78.1 Å². The third-order valence-electron chi connectivity index (χ3n) is 4.71. The Morgan fingerprint density at radius 1 is 0.667 bits per heavy atom. The summed E-state index contributed by atoms with van der Waals surface area (Å²) in [5.41, 5.74) is 0. The molecule has 1 saturated heterocycles. The molecular formula is C20H36O4. The highest BCUT2D eigenvalue weighted by Gasteiger charge is 2.42. The van der Waals surface area contributed by atoms with Crippen LogP contribution in [0, 0.1) is 0 Å². The van der Waals surface area contributed by atoms with Gasteiger partial charge in [-0.3, -0.25) is 9.59 Å². The van der Waals surface area contributed by atoms with Crippen LogP contribution in [0.3, 0.4) is 0 Å². The van der Waals surface area contributed by atoms with Crippen LogP contribution in [-0.2, 0) is 19.1 Å².